The van der Waals surface area contributed by atoms with Crippen LogP contribution in [-0.2, 0) is 4.79 Å². The van der Waals surface area contributed by atoms with Crippen LogP contribution < -0.4 is 19.9 Å². The van der Waals surface area contributed by atoms with Gasteiger partial charge in [0.2, 0.25) is 11.7 Å². The molecule has 1 heterocycles. The number of carbonyl (C=O) groups is 1. The summed E-state index contributed by atoms with van der Waals surface area (Å²) in [4.78, 5) is 15.3. The predicted octanol–water partition coefficient (Wildman–Crippen LogP) is 6.79. The Hall–Kier alpha value is -3.31. The van der Waals surface area contributed by atoms with Crippen LogP contribution in [0.2, 0.25) is 5.02 Å². The van der Waals surface area contributed by atoms with E-state index in [1.54, 1.807) is 36.4 Å². The molecule has 3 aromatic carbocycles. The number of anilines is 3. The van der Waals surface area contributed by atoms with Crippen molar-refractivity contribution in [3.63, 3.8) is 0 Å². The van der Waals surface area contributed by atoms with Crippen LogP contribution in [0.3, 0.4) is 0 Å². The SMILES string of the molecule is COc1ccc(Br)cc1/C=C/C(=O)Nc1ccc(N2CCN(c3c(F)c(F)c(F)c(F)c3F)CC2)c(Cl)c1. The molecule has 1 N–H and O–H groups in total. The highest BCUT2D eigenvalue weighted by atomic mass is 79.9. The van der Waals surface area contributed by atoms with E-state index in [9.17, 15) is 26.7 Å². The molecule has 0 spiro atoms. The molecule has 4 rings (SSSR count). The summed E-state index contributed by atoms with van der Waals surface area (Å²) in [6.07, 6.45) is 2.96. The number of hydrogen-bond donors (Lipinski definition) is 1. The van der Waals surface area contributed by atoms with Gasteiger partial charge < -0.3 is 19.9 Å². The Morgan fingerprint density at radius 2 is 1.53 bits per heavy atom. The summed E-state index contributed by atoms with van der Waals surface area (Å²) in [6.45, 7) is 0.415. The van der Waals surface area contributed by atoms with Crippen molar-refractivity contribution < 1.29 is 31.5 Å². The first-order valence-electron chi connectivity index (χ1n) is 11.2. The molecule has 0 aromatic heterocycles. The standard InChI is InChI=1S/C26H20BrClF5N3O2/c1-38-19-6-3-15(27)12-14(19)2-7-20(37)34-16-4-5-18(17(28)13-16)35-8-10-36(11-9-35)26-24(32)22(30)21(29)23(31)25(26)33/h2-7,12-13H,8-11H2,1H3,(H,34,37)/b7-2+. The fraction of sp³-hybridized carbons (Fsp3) is 0.192. The summed E-state index contributed by atoms with van der Waals surface area (Å²) in [5.41, 5.74) is 0.792. The predicted molar refractivity (Wildman–Crippen MR) is 140 cm³/mol. The summed E-state index contributed by atoms with van der Waals surface area (Å²) < 4.78 is 75.1. The maximum absolute atomic E-state index is 14.2. The maximum Gasteiger partial charge on any atom is 0.248 e. The lowest BCUT2D eigenvalue weighted by atomic mass is 10.1. The van der Waals surface area contributed by atoms with Crippen LogP contribution in [0.25, 0.3) is 6.08 Å². The van der Waals surface area contributed by atoms with Crippen LogP contribution in [-0.4, -0.2) is 39.2 Å². The van der Waals surface area contributed by atoms with E-state index in [-0.39, 0.29) is 26.2 Å². The number of methoxy groups -OCH3 is 1. The molecule has 0 aliphatic carbocycles. The van der Waals surface area contributed by atoms with Crippen molar-refractivity contribution >= 4 is 56.6 Å². The van der Waals surface area contributed by atoms with Crippen LogP contribution >= 0.6 is 27.5 Å². The van der Waals surface area contributed by atoms with E-state index in [1.807, 2.05) is 11.0 Å². The number of halogens is 7. The fourth-order valence-corrected chi connectivity index (χ4v) is 4.75. The highest BCUT2D eigenvalue weighted by molar-refractivity contribution is 9.10. The van der Waals surface area contributed by atoms with Crippen LogP contribution in [0.4, 0.5) is 39.0 Å². The summed E-state index contributed by atoms with van der Waals surface area (Å²) in [5, 5.41) is 3.03. The Morgan fingerprint density at radius 1 is 0.921 bits per heavy atom. The smallest absolute Gasteiger partial charge is 0.248 e. The lowest BCUT2D eigenvalue weighted by Crippen LogP contribution is -2.47. The van der Waals surface area contributed by atoms with E-state index in [1.165, 1.54) is 13.2 Å². The van der Waals surface area contributed by atoms with Gasteiger partial charge in [-0.15, -0.1) is 0 Å². The van der Waals surface area contributed by atoms with Gasteiger partial charge >= 0.3 is 0 Å². The van der Waals surface area contributed by atoms with E-state index in [0.29, 0.717) is 27.7 Å². The van der Waals surface area contributed by atoms with E-state index in [0.717, 1.165) is 9.37 Å². The van der Waals surface area contributed by atoms with E-state index >= 15 is 0 Å². The van der Waals surface area contributed by atoms with Gasteiger partial charge in [-0.25, -0.2) is 22.0 Å². The second-order valence-corrected chi connectivity index (χ2v) is 9.59. The Labute approximate surface area is 228 Å². The molecule has 0 atom stereocenters. The summed E-state index contributed by atoms with van der Waals surface area (Å²) in [5.74, 6) is -9.66. The van der Waals surface area contributed by atoms with Gasteiger partial charge in [-0.3, -0.25) is 4.79 Å². The Morgan fingerprint density at radius 3 is 2.13 bits per heavy atom. The molecule has 0 bridgehead atoms. The zero-order chi connectivity index (χ0) is 27.6. The van der Waals surface area contributed by atoms with Gasteiger partial charge in [0.05, 0.1) is 17.8 Å². The third-order valence-electron chi connectivity index (χ3n) is 5.94. The first-order chi connectivity index (χ1) is 18.1. The highest BCUT2D eigenvalue weighted by Gasteiger charge is 2.31. The van der Waals surface area contributed by atoms with Crippen LogP contribution in [0, 0.1) is 29.1 Å². The van der Waals surface area contributed by atoms with Crippen molar-refractivity contribution in [2.24, 2.45) is 0 Å². The second-order valence-electron chi connectivity index (χ2n) is 8.27. The number of piperazine rings is 1. The molecule has 200 valence electrons. The minimum Gasteiger partial charge on any atom is -0.496 e. The minimum absolute atomic E-state index is 0.00295. The minimum atomic E-state index is -2.19. The zero-order valence-electron chi connectivity index (χ0n) is 19.8. The monoisotopic (exact) mass is 615 g/mol. The van der Waals surface area contributed by atoms with Crippen molar-refractivity contribution in [2.75, 3.05) is 48.4 Å². The molecule has 38 heavy (non-hydrogen) atoms. The van der Waals surface area contributed by atoms with Crippen LogP contribution in [0.5, 0.6) is 5.75 Å². The van der Waals surface area contributed by atoms with Crippen molar-refractivity contribution in [3.8, 4) is 5.75 Å². The van der Waals surface area contributed by atoms with Crippen LogP contribution in [0.1, 0.15) is 5.56 Å². The van der Waals surface area contributed by atoms with Gasteiger partial charge in [0.25, 0.3) is 0 Å². The first kappa shape index (κ1) is 27.7. The molecule has 3 aromatic rings. The highest BCUT2D eigenvalue weighted by Crippen LogP contribution is 2.34. The fourth-order valence-electron chi connectivity index (χ4n) is 4.07. The Bertz CT molecular complexity index is 1390. The summed E-state index contributed by atoms with van der Waals surface area (Å²) >= 11 is 9.81. The van der Waals surface area contributed by atoms with Gasteiger partial charge in [-0.05, 0) is 42.5 Å². The van der Waals surface area contributed by atoms with Gasteiger partial charge in [-0.2, -0.15) is 0 Å². The number of carbonyl (C=O) groups excluding carboxylic acids is 1. The normalized spacial score (nSPS) is 13.8. The number of rotatable bonds is 6. The molecule has 1 amide bonds. The Kier molecular flexibility index (Phi) is 8.47. The van der Waals surface area contributed by atoms with Crippen molar-refractivity contribution in [1.29, 1.82) is 0 Å². The zero-order valence-corrected chi connectivity index (χ0v) is 22.1. The van der Waals surface area contributed by atoms with Gasteiger partial charge in [0, 0.05) is 48.0 Å². The lowest BCUT2D eigenvalue weighted by molar-refractivity contribution is -0.111. The lowest BCUT2D eigenvalue weighted by Gasteiger charge is -2.38. The number of nitrogens with one attached hydrogen (secondary N) is 1. The van der Waals surface area contributed by atoms with Crippen molar-refractivity contribution in [2.45, 2.75) is 0 Å². The molecule has 5 nitrogen and oxygen atoms in total. The molecular formula is C26H20BrClF5N3O2. The van der Waals surface area contributed by atoms with Crippen LogP contribution in [0.15, 0.2) is 46.9 Å². The number of hydrogen-bond acceptors (Lipinski definition) is 4. The third-order valence-corrected chi connectivity index (χ3v) is 6.74. The molecule has 1 aliphatic heterocycles. The van der Waals surface area contributed by atoms with Gasteiger partial charge in [0.1, 0.15) is 11.4 Å². The van der Waals surface area contributed by atoms with Gasteiger partial charge in [-0.1, -0.05) is 27.5 Å². The number of benzene rings is 3. The van der Waals surface area contributed by atoms with Crippen molar-refractivity contribution in [1.82, 2.24) is 0 Å². The van der Waals surface area contributed by atoms with Crippen molar-refractivity contribution in [3.05, 3.63) is 86.6 Å². The average molecular weight is 617 g/mol. The first-order valence-corrected chi connectivity index (χ1v) is 12.4. The second kappa shape index (κ2) is 11.6. The van der Waals surface area contributed by atoms with E-state index in [2.05, 4.69) is 21.2 Å². The molecule has 1 saturated heterocycles. The van der Waals surface area contributed by atoms with E-state index in [4.69, 9.17) is 16.3 Å². The molecule has 12 heteroatoms. The maximum atomic E-state index is 14.2. The summed E-state index contributed by atoms with van der Waals surface area (Å²) in [7, 11) is 1.53. The van der Waals surface area contributed by atoms with Gasteiger partial charge in [0.15, 0.2) is 23.3 Å². The topological polar surface area (TPSA) is 44.8 Å². The summed E-state index contributed by atoms with van der Waals surface area (Å²) in [6, 6.07) is 10.3. The number of nitrogens with zero attached hydrogens (tertiary/aromatic N) is 2. The van der Waals surface area contributed by atoms with E-state index < -0.39 is 40.7 Å². The average Bonchev–Trinajstić information content (AvgIpc) is 2.90. The molecule has 1 fully saturated rings. The molecule has 0 unspecified atom stereocenters. The molecule has 0 radical (unpaired) electrons. The molecule has 0 saturated carbocycles. The largest absolute Gasteiger partial charge is 0.496 e. The number of ether oxygens (including phenoxy) is 1. The third kappa shape index (κ3) is 5.73. The molecule has 1 aliphatic rings. The quantitative estimate of drug-likeness (QED) is 0.144. The Balaban J connectivity index is 1.41. The number of amides is 1. The molecular weight excluding hydrogens is 597 g/mol.